The molecular formula is C16H15NO. The molecule has 90 valence electrons. The predicted octanol–water partition coefficient (Wildman–Crippen LogP) is 3.82. The average Bonchev–Trinajstić information content (AvgIpc) is 2.46. The Hall–Kier alpha value is -2.27. The van der Waals surface area contributed by atoms with E-state index in [0.717, 1.165) is 12.2 Å². The fourth-order valence-electron chi connectivity index (χ4n) is 1.85. The van der Waals surface area contributed by atoms with E-state index < -0.39 is 0 Å². The Balaban J connectivity index is 2.15. The smallest absolute Gasteiger partial charge is 0.118 e. The van der Waals surface area contributed by atoms with E-state index in [1.54, 1.807) is 7.11 Å². The molecule has 0 aliphatic rings. The van der Waals surface area contributed by atoms with E-state index >= 15 is 0 Å². The fourth-order valence-corrected chi connectivity index (χ4v) is 1.85. The van der Waals surface area contributed by atoms with Crippen molar-refractivity contribution in [1.82, 2.24) is 0 Å². The fraction of sp³-hybridized carbons (Fsp3) is 0.188. The summed E-state index contributed by atoms with van der Waals surface area (Å²) in [6, 6.07) is 18.5. The minimum Gasteiger partial charge on any atom is -0.497 e. The number of hydrogen-bond acceptors (Lipinski definition) is 2. The zero-order valence-corrected chi connectivity index (χ0v) is 10.4. The van der Waals surface area contributed by atoms with E-state index in [1.807, 2.05) is 24.3 Å². The number of aryl methyl sites for hydroxylation is 1. The summed E-state index contributed by atoms with van der Waals surface area (Å²) in [5, 5.41) is 8.55. The van der Waals surface area contributed by atoms with Crippen LogP contribution in [0.5, 0.6) is 5.75 Å². The number of nitrogens with zero attached hydrogens (tertiary/aromatic N) is 1. The highest BCUT2D eigenvalue weighted by atomic mass is 16.5. The lowest BCUT2D eigenvalue weighted by atomic mass is 10.0. The van der Waals surface area contributed by atoms with Gasteiger partial charge in [0.25, 0.3) is 0 Å². The number of hydrogen-bond donors (Lipinski definition) is 0. The number of nitriles is 1. The van der Waals surface area contributed by atoms with Crippen molar-refractivity contribution >= 4 is 0 Å². The van der Waals surface area contributed by atoms with Gasteiger partial charge in [0, 0.05) is 6.42 Å². The molecular weight excluding hydrogens is 222 g/mol. The highest BCUT2D eigenvalue weighted by Gasteiger charge is 1.99. The quantitative estimate of drug-likeness (QED) is 0.809. The van der Waals surface area contributed by atoms with E-state index in [-0.39, 0.29) is 0 Å². The van der Waals surface area contributed by atoms with Crippen LogP contribution in [0.1, 0.15) is 12.0 Å². The van der Waals surface area contributed by atoms with Crippen LogP contribution >= 0.6 is 0 Å². The standard InChI is InChI=1S/C16H15NO/c1-18-16-10-8-15(9-11-16)14-6-4-13(5-7-14)3-2-12-17/h4-11H,2-3H2,1H3. The van der Waals surface area contributed by atoms with Crippen molar-refractivity contribution in [3.05, 3.63) is 54.1 Å². The van der Waals surface area contributed by atoms with Gasteiger partial charge in [-0.25, -0.2) is 0 Å². The van der Waals surface area contributed by atoms with Crippen LogP contribution in [0.2, 0.25) is 0 Å². The third kappa shape index (κ3) is 2.89. The van der Waals surface area contributed by atoms with Gasteiger partial charge >= 0.3 is 0 Å². The van der Waals surface area contributed by atoms with Crippen LogP contribution in [0.4, 0.5) is 0 Å². The Morgan fingerprint density at radius 3 is 2.00 bits per heavy atom. The first-order valence-corrected chi connectivity index (χ1v) is 5.94. The second-order valence-corrected chi connectivity index (χ2v) is 4.08. The maximum atomic E-state index is 8.55. The van der Waals surface area contributed by atoms with Crippen LogP contribution in [0.3, 0.4) is 0 Å². The van der Waals surface area contributed by atoms with Crippen LogP contribution in [0.15, 0.2) is 48.5 Å². The summed E-state index contributed by atoms with van der Waals surface area (Å²) in [5.74, 6) is 0.865. The summed E-state index contributed by atoms with van der Waals surface area (Å²) in [6.07, 6.45) is 1.39. The van der Waals surface area contributed by atoms with E-state index in [9.17, 15) is 0 Å². The van der Waals surface area contributed by atoms with Crippen molar-refractivity contribution in [2.24, 2.45) is 0 Å². The van der Waals surface area contributed by atoms with Crippen molar-refractivity contribution in [2.75, 3.05) is 7.11 Å². The number of methoxy groups -OCH3 is 1. The van der Waals surface area contributed by atoms with E-state index in [0.29, 0.717) is 6.42 Å². The van der Waals surface area contributed by atoms with Gasteiger partial charge in [0.15, 0.2) is 0 Å². The van der Waals surface area contributed by atoms with Gasteiger partial charge in [-0.15, -0.1) is 0 Å². The molecule has 0 N–H and O–H groups in total. The van der Waals surface area contributed by atoms with Gasteiger partial charge in [-0.3, -0.25) is 0 Å². The molecule has 0 unspecified atom stereocenters. The molecule has 0 atom stereocenters. The molecule has 0 amide bonds. The van der Waals surface area contributed by atoms with Crippen LogP contribution in [-0.2, 0) is 6.42 Å². The van der Waals surface area contributed by atoms with Crippen LogP contribution in [-0.4, -0.2) is 7.11 Å². The van der Waals surface area contributed by atoms with E-state index in [1.165, 1.54) is 16.7 Å². The SMILES string of the molecule is COc1ccc(-c2ccc(CCC#N)cc2)cc1. The molecule has 2 aromatic carbocycles. The first-order chi connectivity index (χ1) is 8.83. The topological polar surface area (TPSA) is 33.0 Å². The summed E-state index contributed by atoms with van der Waals surface area (Å²) in [6.45, 7) is 0. The Kier molecular flexibility index (Phi) is 3.98. The van der Waals surface area contributed by atoms with Crippen molar-refractivity contribution in [3.8, 4) is 22.9 Å². The maximum absolute atomic E-state index is 8.55. The Morgan fingerprint density at radius 1 is 0.944 bits per heavy atom. The molecule has 0 fully saturated rings. The molecule has 0 heterocycles. The summed E-state index contributed by atoms with van der Waals surface area (Å²) >= 11 is 0. The van der Waals surface area contributed by atoms with Crippen molar-refractivity contribution in [1.29, 1.82) is 5.26 Å². The van der Waals surface area contributed by atoms with Gasteiger partial charge in [0.2, 0.25) is 0 Å². The van der Waals surface area contributed by atoms with Gasteiger partial charge < -0.3 is 4.74 Å². The van der Waals surface area contributed by atoms with Crippen molar-refractivity contribution < 1.29 is 4.74 Å². The van der Waals surface area contributed by atoms with E-state index in [2.05, 4.69) is 30.3 Å². The average molecular weight is 237 g/mol. The molecule has 2 rings (SSSR count). The predicted molar refractivity (Wildman–Crippen MR) is 72.4 cm³/mol. The van der Waals surface area contributed by atoms with Crippen LogP contribution < -0.4 is 4.74 Å². The lowest BCUT2D eigenvalue weighted by molar-refractivity contribution is 0.415. The summed E-state index contributed by atoms with van der Waals surface area (Å²) < 4.78 is 5.14. The third-order valence-electron chi connectivity index (χ3n) is 2.90. The first-order valence-electron chi connectivity index (χ1n) is 5.94. The van der Waals surface area contributed by atoms with Crippen LogP contribution in [0.25, 0.3) is 11.1 Å². The summed E-state index contributed by atoms with van der Waals surface area (Å²) in [4.78, 5) is 0. The van der Waals surface area contributed by atoms with Gasteiger partial charge in [-0.2, -0.15) is 5.26 Å². The van der Waals surface area contributed by atoms with Gasteiger partial charge in [-0.05, 0) is 35.2 Å². The zero-order chi connectivity index (χ0) is 12.8. The Labute approximate surface area is 107 Å². The van der Waals surface area contributed by atoms with E-state index in [4.69, 9.17) is 10.00 Å². The summed E-state index contributed by atoms with van der Waals surface area (Å²) in [7, 11) is 1.67. The lowest BCUT2D eigenvalue weighted by Crippen LogP contribution is -1.85. The molecule has 0 saturated heterocycles. The van der Waals surface area contributed by atoms with Crippen molar-refractivity contribution in [2.45, 2.75) is 12.8 Å². The van der Waals surface area contributed by atoms with Crippen molar-refractivity contribution in [3.63, 3.8) is 0 Å². The highest BCUT2D eigenvalue weighted by Crippen LogP contribution is 2.22. The number of ether oxygens (including phenoxy) is 1. The van der Waals surface area contributed by atoms with Gasteiger partial charge in [0.1, 0.15) is 5.75 Å². The number of benzene rings is 2. The Bertz CT molecular complexity index is 535. The first kappa shape index (κ1) is 12.2. The minimum atomic E-state index is 0.571. The zero-order valence-electron chi connectivity index (χ0n) is 10.4. The van der Waals surface area contributed by atoms with Gasteiger partial charge in [0.05, 0.1) is 13.2 Å². The normalized spacial score (nSPS) is 9.78. The number of rotatable bonds is 4. The molecule has 18 heavy (non-hydrogen) atoms. The minimum absolute atomic E-state index is 0.571. The molecule has 2 heteroatoms. The second kappa shape index (κ2) is 5.88. The van der Waals surface area contributed by atoms with Crippen LogP contribution in [0, 0.1) is 11.3 Å². The molecule has 0 aliphatic carbocycles. The maximum Gasteiger partial charge on any atom is 0.118 e. The second-order valence-electron chi connectivity index (χ2n) is 4.08. The largest absolute Gasteiger partial charge is 0.497 e. The van der Waals surface area contributed by atoms with Gasteiger partial charge in [-0.1, -0.05) is 36.4 Å². The molecule has 0 saturated carbocycles. The molecule has 2 aromatic rings. The molecule has 0 bridgehead atoms. The third-order valence-corrected chi connectivity index (χ3v) is 2.90. The molecule has 0 aromatic heterocycles. The molecule has 2 nitrogen and oxygen atoms in total. The highest BCUT2D eigenvalue weighted by molar-refractivity contribution is 5.64. The summed E-state index contributed by atoms with van der Waals surface area (Å²) in [5.41, 5.74) is 3.55. The Morgan fingerprint density at radius 2 is 1.50 bits per heavy atom. The lowest BCUT2D eigenvalue weighted by Gasteiger charge is -2.05. The molecule has 0 aliphatic heterocycles. The monoisotopic (exact) mass is 237 g/mol. The molecule has 0 radical (unpaired) electrons. The molecule has 0 spiro atoms.